The Bertz CT molecular complexity index is 954. The highest BCUT2D eigenvalue weighted by atomic mass is 16.2. The number of aromatic amines is 1. The third-order valence-electron chi connectivity index (χ3n) is 3.96. The Morgan fingerprint density at radius 1 is 1.44 bits per heavy atom. The number of nitrogens with two attached hydrogens (primary N) is 2. The number of hydrogen-bond acceptors (Lipinski definition) is 5. The quantitative estimate of drug-likeness (QED) is 0.394. The van der Waals surface area contributed by atoms with E-state index in [1.807, 2.05) is 6.92 Å². The minimum absolute atomic E-state index is 0.00241. The number of benzene rings is 1. The van der Waals surface area contributed by atoms with Gasteiger partial charge in [-0.25, -0.2) is 19.7 Å². The number of nitrogens with one attached hydrogen (secondary N) is 2. The largest absolute Gasteiger partial charge is 0.384 e. The summed E-state index contributed by atoms with van der Waals surface area (Å²) in [6.45, 7) is 4.10. The number of rotatable bonds is 5. The van der Waals surface area contributed by atoms with E-state index in [4.69, 9.17) is 16.9 Å². The van der Waals surface area contributed by atoms with Gasteiger partial charge in [0.25, 0.3) is 0 Å². The molecule has 25 heavy (non-hydrogen) atoms. The van der Waals surface area contributed by atoms with E-state index in [0.717, 1.165) is 16.7 Å². The van der Waals surface area contributed by atoms with Crippen LogP contribution in [-0.2, 0) is 4.79 Å². The third kappa shape index (κ3) is 2.96. The summed E-state index contributed by atoms with van der Waals surface area (Å²) in [7, 11) is 0. The number of nitrogens with zero attached hydrogens (tertiary/aromatic N) is 4. The highest BCUT2D eigenvalue weighted by Crippen LogP contribution is 2.23. The molecule has 1 amide bonds. The summed E-state index contributed by atoms with van der Waals surface area (Å²) in [6, 6.07) is 5.32. The molecule has 0 fully saturated rings. The van der Waals surface area contributed by atoms with Gasteiger partial charge in [0.2, 0.25) is 5.91 Å². The fraction of sp³-hybridized carbons (Fsp3) is 0.250. The summed E-state index contributed by atoms with van der Waals surface area (Å²) >= 11 is 0. The Balaban J connectivity index is 2.04. The fourth-order valence-corrected chi connectivity index (χ4v) is 2.71. The summed E-state index contributed by atoms with van der Waals surface area (Å²) in [5.74, 6) is 0.466. The number of imidazole rings is 2. The topological polar surface area (TPSA) is 143 Å². The molecule has 0 radical (unpaired) electrons. The van der Waals surface area contributed by atoms with Gasteiger partial charge in [-0.3, -0.25) is 10.2 Å². The van der Waals surface area contributed by atoms with Crippen LogP contribution >= 0.6 is 0 Å². The monoisotopic (exact) mass is 340 g/mol. The second-order valence-electron chi connectivity index (χ2n) is 5.69. The van der Waals surface area contributed by atoms with Crippen LogP contribution in [-0.4, -0.2) is 44.5 Å². The molecule has 9 nitrogen and oxygen atoms in total. The van der Waals surface area contributed by atoms with Crippen molar-refractivity contribution in [3.05, 3.63) is 35.8 Å². The van der Waals surface area contributed by atoms with Gasteiger partial charge in [-0.15, -0.1) is 0 Å². The molecule has 2 heterocycles. The highest BCUT2D eigenvalue weighted by molar-refractivity contribution is 5.98. The molecule has 2 aromatic heterocycles. The molecule has 9 heteroatoms. The first-order chi connectivity index (χ1) is 11.9. The lowest BCUT2D eigenvalue weighted by molar-refractivity contribution is -0.118. The Morgan fingerprint density at radius 3 is 2.84 bits per heavy atom. The summed E-state index contributed by atoms with van der Waals surface area (Å²) < 4.78 is 1.68. The van der Waals surface area contributed by atoms with Gasteiger partial charge in [-0.2, -0.15) is 0 Å². The molecule has 0 saturated heterocycles. The van der Waals surface area contributed by atoms with Crippen molar-refractivity contribution in [2.75, 3.05) is 18.1 Å². The van der Waals surface area contributed by atoms with E-state index in [2.05, 4.69) is 15.0 Å². The predicted molar refractivity (Wildman–Crippen MR) is 95.9 cm³/mol. The second-order valence-corrected chi connectivity index (χ2v) is 5.69. The van der Waals surface area contributed by atoms with Crippen molar-refractivity contribution in [1.82, 2.24) is 19.6 Å². The fourth-order valence-electron chi connectivity index (χ4n) is 2.71. The zero-order valence-corrected chi connectivity index (χ0v) is 14.1. The van der Waals surface area contributed by atoms with Crippen LogP contribution in [0.1, 0.15) is 18.2 Å². The molecule has 0 aliphatic rings. The van der Waals surface area contributed by atoms with Crippen LogP contribution in [0.5, 0.6) is 0 Å². The van der Waals surface area contributed by atoms with Crippen LogP contribution in [0.15, 0.2) is 24.5 Å². The lowest BCUT2D eigenvalue weighted by atomic mass is 10.2. The van der Waals surface area contributed by atoms with E-state index in [1.165, 1.54) is 11.9 Å². The zero-order valence-electron chi connectivity index (χ0n) is 14.1. The lowest BCUT2D eigenvalue weighted by Crippen LogP contribution is -2.42. The van der Waals surface area contributed by atoms with Gasteiger partial charge in [-0.1, -0.05) is 0 Å². The van der Waals surface area contributed by atoms with E-state index >= 15 is 0 Å². The second kappa shape index (κ2) is 6.36. The van der Waals surface area contributed by atoms with Crippen LogP contribution in [0.3, 0.4) is 0 Å². The van der Waals surface area contributed by atoms with Gasteiger partial charge in [0.15, 0.2) is 5.82 Å². The first kappa shape index (κ1) is 16.7. The minimum Gasteiger partial charge on any atom is -0.384 e. The van der Waals surface area contributed by atoms with Crippen LogP contribution in [0, 0.1) is 12.3 Å². The molecule has 0 saturated carbocycles. The molecule has 0 bridgehead atoms. The van der Waals surface area contributed by atoms with Crippen LogP contribution in [0.25, 0.3) is 22.6 Å². The normalized spacial score (nSPS) is 11.0. The molecule has 0 aliphatic carbocycles. The predicted octanol–water partition coefficient (Wildman–Crippen LogP) is 0.462. The molecule has 130 valence electrons. The summed E-state index contributed by atoms with van der Waals surface area (Å²) in [5, 5.41) is 9.06. The summed E-state index contributed by atoms with van der Waals surface area (Å²) in [6.07, 6.45) is 1.58. The van der Waals surface area contributed by atoms with Crippen molar-refractivity contribution in [1.29, 1.82) is 5.41 Å². The van der Waals surface area contributed by atoms with Gasteiger partial charge in [0.05, 0.1) is 23.3 Å². The average Bonchev–Trinajstić information content (AvgIpc) is 3.14. The van der Waals surface area contributed by atoms with E-state index in [9.17, 15) is 4.79 Å². The van der Waals surface area contributed by atoms with Crippen LogP contribution in [0.2, 0.25) is 0 Å². The number of aromatic nitrogens is 4. The molecule has 0 aliphatic heterocycles. The molecular weight excluding hydrogens is 320 g/mol. The Kier molecular flexibility index (Phi) is 4.24. The van der Waals surface area contributed by atoms with E-state index in [-0.39, 0.29) is 11.7 Å². The van der Waals surface area contributed by atoms with E-state index < -0.39 is 0 Å². The lowest BCUT2D eigenvalue weighted by Gasteiger charge is -2.22. The number of carbonyl (C=O) groups is 1. The van der Waals surface area contributed by atoms with Crippen LogP contribution in [0.4, 0.5) is 0 Å². The number of carbonyl (C=O) groups excluding carboxylic acids is 1. The zero-order chi connectivity index (χ0) is 18.1. The van der Waals surface area contributed by atoms with Gasteiger partial charge in [0.1, 0.15) is 17.9 Å². The maximum absolute atomic E-state index is 11.8. The van der Waals surface area contributed by atoms with Crippen molar-refractivity contribution in [3.63, 3.8) is 0 Å². The molecule has 1 aromatic carbocycles. The molecule has 0 unspecified atom stereocenters. The highest BCUT2D eigenvalue weighted by Gasteiger charge is 2.18. The average molecular weight is 340 g/mol. The first-order valence-electron chi connectivity index (χ1n) is 7.79. The summed E-state index contributed by atoms with van der Waals surface area (Å²) in [5.41, 5.74) is 14.7. The molecule has 0 spiro atoms. The van der Waals surface area contributed by atoms with Gasteiger partial charge < -0.3 is 16.5 Å². The number of nitrogen functional groups attached to an aromatic ring is 1. The van der Waals surface area contributed by atoms with Crippen molar-refractivity contribution >= 4 is 22.8 Å². The molecule has 3 rings (SSSR count). The first-order valence-corrected chi connectivity index (χ1v) is 7.79. The van der Waals surface area contributed by atoms with Gasteiger partial charge in [0, 0.05) is 19.0 Å². The maximum Gasteiger partial charge on any atom is 0.238 e. The Morgan fingerprint density at radius 2 is 2.20 bits per heavy atom. The maximum atomic E-state index is 11.8. The Hall–Kier alpha value is -3.20. The molecule has 3 aromatic rings. The molecular formula is C16H20N8O. The van der Waals surface area contributed by atoms with Crippen molar-refractivity contribution < 1.29 is 4.79 Å². The number of amides is 1. The number of H-pyrrole nitrogens is 1. The van der Waals surface area contributed by atoms with Crippen LogP contribution < -0.4 is 16.5 Å². The van der Waals surface area contributed by atoms with E-state index in [0.29, 0.717) is 30.2 Å². The summed E-state index contributed by atoms with van der Waals surface area (Å²) in [4.78, 5) is 24.0. The number of fused-ring (bicyclic) bond motifs is 1. The SMILES string of the molecule is CC(=O)N(CCN)n1cnc(-c2nc3ccc(C(=N)N)cc3[nH]2)c1C. The molecule has 6 N–H and O–H groups in total. The Labute approximate surface area is 144 Å². The van der Waals surface area contributed by atoms with Crippen molar-refractivity contribution in [2.45, 2.75) is 13.8 Å². The standard InChI is InChI=1S/C16H20N8O/c1-9-14(20-8-24(9)23(6-5-17)10(2)25)16-21-12-4-3-11(15(18)19)7-13(12)22-16/h3-4,7-8H,5-6,17H2,1-2H3,(H3,18,19)(H,21,22). The van der Waals surface area contributed by atoms with Gasteiger partial charge in [-0.05, 0) is 25.1 Å². The van der Waals surface area contributed by atoms with E-state index in [1.54, 1.807) is 29.2 Å². The third-order valence-corrected chi connectivity index (χ3v) is 3.96. The van der Waals surface area contributed by atoms with Gasteiger partial charge >= 0.3 is 0 Å². The van der Waals surface area contributed by atoms with Crippen molar-refractivity contribution in [3.8, 4) is 11.5 Å². The molecule has 0 atom stereocenters. The minimum atomic E-state index is -0.117. The number of amidine groups is 1. The smallest absolute Gasteiger partial charge is 0.238 e. The van der Waals surface area contributed by atoms with Crippen molar-refractivity contribution in [2.24, 2.45) is 11.5 Å². The number of hydrogen-bond donors (Lipinski definition) is 4.